The van der Waals surface area contributed by atoms with E-state index in [-0.39, 0.29) is 11.8 Å². The Hall–Kier alpha value is -3.43. The molecular formula is C23H26N4O5. The standard InChI is InChI=1S/C23H26N4O5/c1-31-12-4-9-27-21(28)17-8-7-16(15-18(17)22(27)29)24-23(30)25-19-5-2-3-6-20(19)26-10-13-32-14-11-26/h2-3,5-8,15H,4,9-14H2,1H3,(H2,24,25,30). The van der Waals surface area contributed by atoms with E-state index in [1.54, 1.807) is 25.3 Å². The van der Waals surface area contributed by atoms with E-state index in [4.69, 9.17) is 9.47 Å². The van der Waals surface area contributed by atoms with Crippen LogP contribution in [0.15, 0.2) is 42.5 Å². The third kappa shape index (κ3) is 4.58. The Morgan fingerprint density at radius 3 is 2.56 bits per heavy atom. The third-order valence-corrected chi connectivity index (χ3v) is 5.46. The van der Waals surface area contributed by atoms with Gasteiger partial charge in [-0.15, -0.1) is 0 Å². The van der Waals surface area contributed by atoms with Gasteiger partial charge in [-0.3, -0.25) is 14.5 Å². The fourth-order valence-corrected chi connectivity index (χ4v) is 3.88. The molecule has 1 saturated heterocycles. The lowest BCUT2D eigenvalue weighted by Crippen LogP contribution is -2.37. The number of nitrogens with zero attached hydrogens (tertiary/aromatic N) is 2. The maximum Gasteiger partial charge on any atom is 0.323 e. The van der Waals surface area contributed by atoms with Gasteiger partial charge in [-0.1, -0.05) is 12.1 Å². The van der Waals surface area contributed by atoms with Crippen molar-refractivity contribution < 1.29 is 23.9 Å². The van der Waals surface area contributed by atoms with Gasteiger partial charge in [0, 0.05) is 39.0 Å². The number of hydrogen-bond donors (Lipinski definition) is 2. The minimum Gasteiger partial charge on any atom is -0.385 e. The number of nitrogens with one attached hydrogen (secondary N) is 2. The first-order valence-corrected chi connectivity index (χ1v) is 10.6. The molecule has 2 heterocycles. The van der Waals surface area contributed by atoms with Crippen molar-refractivity contribution in [1.82, 2.24) is 4.90 Å². The number of imide groups is 1. The maximum absolute atomic E-state index is 12.7. The number of ether oxygens (including phenoxy) is 2. The molecule has 2 aromatic rings. The van der Waals surface area contributed by atoms with Gasteiger partial charge < -0.3 is 25.0 Å². The number of hydrogen-bond acceptors (Lipinski definition) is 6. The molecule has 2 aromatic carbocycles. The van der Waals surface area contributed by atoms with Crippen LogP contribution >= 0.6 is 0 Å². The summed E-state index contributed by atoms with van der Waals surface area (Å²) >= 11 is 0. The number of anilines is 3. The van der Waals surface area contributed by atoms with E-state index in [1.165, 1.54) is 4.90 Å². The Balaban J connectivity index is 1.44. The fraction of sp³-hybridized carbons (Fsp3) is 0.348. The SMILES string of the molecule is COCCCN1C(=O)c2ccc(NC(=O)Nc3ccccc3N3CCOCC3)cc2C1=O. The molecule has 9 heteroatoms. The van der Waals surface area contributed by atoms with Crippen LogP contribution in [0.3, 0.4) is 0 Å². The summed E-state index contributed by atoms with van der Waals surface area (Å²) in [4.78, 5) is 41.2. The first kappa shape index (κ1) is 21.8. The monoisotopic (exact) mass is 438 g/mol. The minimum atomic E-state index is -0.431. The van der Waals surface area contributed by atoms with Gasteiger partial charge in [-0.05, 0) is 36.8 Å². The predicted molar refractivity (Wildman–Crippen MR) is 120 cm³/mol. The molecule has 4 amide bonds. The Morgan fingerprint density at radius 1 is 1.03 bits per heavy atom. The van der Waals surface area contributed by atoms with Crippen molar-refractivity contribution in [3.05, 3.63) is 53.6 Å². The van der Waals surface area contributed by atoms with Gasteiger partial charge in [0.15, 0.2) is 0 Å². The van der Waals surface area contributed by atoms with Crippen LogP contribution in [0, 0.1) is 0 Å². The lowest BCUT2D eigenvalue weighted by molar-refractivity contribution is 0.0638. The molecule has 9 nitrogen and oxygen atoms in total. The van der Waals surface area contributed by atoms with E-state index in [2.05, 4.69) is 15.5 Å². The van der Waals surface area contributed by atoms with Crippen LogP contribution < -0.4 is 15.5 Å². The second-order valence-corrected chi connectivity index (χ2v) is 7.56. The average molecular weight is 438 g/mol. The predicted octanol–water partition coefficient (Wildman–Crippen LogP) is 2.80. The topological polar surface area (TPSA) is 100 Å². The third-order valence-electron chi connectivity index (χ3n) is 5.46. The normalized spacial score (nSPS) is 15.7. The summed E-state index contributed by atoms with van der Waals surface area (Å²) in [6.45, 7) is 3.55. The molecule has 0 aliphatic carbocycles. The number of carbonyl (C=O) groups is 3. The molecule has 4 rings (SSSR count). The number of amides is 4. The molecule has 1 fully saturated rings. The molecule has 0 aromatic heterocycles. The Bertz CT molecular complexity index is 1020. The zero-order valence-corrected chi connectivity index (χ0v) is 17.9. The van der Waals surface area contributed by atoms with E-state index in [1.807, 2.05) is 24.3 Å². The van der Waals surface area contributed by atoms with Crippen LogP contribution in [0.2, 0.25) is 0 Å². The molecule has 0 bridgehead atoms. The van der Waals surface area contributed by atoms with E-state index in [0.717, 1.165) is 18.8 Å². The highest BCUT2D eigenvalue weighted by Crippen LogP contribution is 2.28. The molecule has 32 heavy (non-hydrogen) atoms. The molecule has 0 unspecified atom stereocenters. The minimum absolute atomic E-state index is 0.291. The van der Waals surface area contributed by atoms with E-state index in [9.17, 15) is 14.4 Å². The number of urea groups is 1. The van der Waals surface area contributed by atoms with Gasteiger partial charge in [0.05, 0.1) is 35.7 Å². The van der Waals surface area contributed by atoms with Gasteiger partial charge in [-0.25, -0.2) is 4.79 Å². The quantitative estimate of drug-likeness (QED) is 0.509. The Morgan fingerprint density at radius 2 is 1.78 bits per heavy atom. The number of fused-ring (bicyclic) bond motifs is 1. The van der Waals surface area contributed by atoms with Gasteiger partial charge in [-0.2, -0.15) is 0 Å². The summed E-state index contributed by atoms with van der Waals surface area (Å²) in [6.07, 6.45) is 0.567. The molecule has 2 N–H and O–H groups in total. The zero-order valence-electron chi connectivity index (χ0n) is 17.9. The van der Waals surface area contributed by atoms with E-state index < -0.39 is 6.03 Å². The van der Waals surface area contributed by atoms with Crippen molar-refractivity contribution >= 4 is 34.9 Å². The zero-order chi connectivity index (χ0) is 22.5. The summed E-state index contributed by atoms with van der Waals surface area (Å²) in [6, 6.07) is 11.9. The number of methoxy groups -OCH3 is 1. The van der Waals surface area contributed by atoms with Crippen LogP contribution in [0.5, 0.6) is 0 Å². The molecule has 0 saturated carbocycles. The van der Waals surface area contributed by atoms with Gasteiger partial charge in [0.2, 0.25) is 0 Å². The van der Waals surface area contributed by atoms with Crippen molar-refractivity contribution in [2.24, 2.45) is 0 Å². The smallest absolute Gasteiger partial charge is 0.323 e. The number of benzene rings is 2. The molecule has 2 aliphatic heterocycles. The molecule has 0 atom stereocenters. The van der Waals surface area contributed by atoms with E-state index in [0.29, 0.717) is 55.3 Å². The summed E-state index contributed by atoms with van der Waals surface area (Å²) in [5.41, 5.74) is 2.68. The first-order chi connectivity index (χ1) is 15.6. The van der Waals surface area contributed by atoms with Crippen molar-refractivity contribution in [3.63, 3.8) is 0 Å². The van der Waals surface area contributed by atoms with Crippen LogP contribution in [-0.4, -0.2) is 69.3 Å². The molecule has 0 radical (unpaired) electrons. The number of rotatable bonds is 7. The van der Waals surface area contributed by atoms with Gasteiger partial charge in [0.25, 0.3) is 11.8 Å². The number of morpholine rings is 1. The molecular weight excluding hydrogens is 412 g/mol. The summed E-state index contributed by atoms with van der Waals surface area (Å²) < 4.78 is 10.4. The van der Waals surface area contributed by atoms with Crippen LogP contribution in [0.4, 0.5) is 21.9 Å². The van der Waals surface area contributed by atoms with Crippen molar-refractivity contribution in [3.8, 4) is 0 Å². The fourth-order valence-electron chi connectivity index (χ4n) is 3.88. The van der Waals surface area contributed by atoms with Crippen molar-refractivity contribution in [1.29, 1.82) is 0 Å². The maximum atomic E-state index is 12.7. The van der Waals surface area contributed by atoms with Gasteiger partial charge in [0.1, 0.15) is 0 Å². The molecule has 168 valence electrons. The largest absolute Gasteiger partial charge is 0.385 e. The highest BCUT2D eigenvalue weighted by Gasteiger charge is 2.35. The van der Waals surface area contributed by atoms with Crippen LogP contribution in [-0.2, 0) is 9.47 Å². The Labute approximate surface area is 186 Å². The highest BCUT2D eigenvalue weighted by molar-refractivity contribution is 6.22. The lowest BCUT2D eigenvalue weighted by Gasteiger charge is -2.30. The lowest BCUT2D eigenvalue weighted by atomic mass is 10.1. The van der Waals surface area contributed by atoms with E-state index >= 15 is 0 Å². The average Bonchev–Trinajstić information content (AvgIpc) is 3.04. The summed E-state index contributed by atoms with van der Waals surface area (Å²) in [7, 11) is 1.57. The van der Waals surface area contributed by atoms with Crippen LogP contribution in [0.25, 0.3) is 0 Å². The van der Waals surface area contributed by atoms with Crippen molar-refractivity contribution in [2.45, 2.75) is 6.42 Å². The second-order valence-electron chi connectivity index (χ2n) is 7.56. The summed E-state index contributed by atoms with van der Waals surface area (Å²) in [5, 5.41) is 5.64. The molecule has 0 spiro atoms. The highest BCUT2D eigenvalue weighted by atomic mass is 16.5. The first-order valence-electron chi connectivity index (χ1n) is 10.6. The van der Waals surface area contributed by atoms with Crippen LogP contribution in [0.1, 0.15) is 27.1 Å². The van der Waals surface area contributed by atoms with Crippen molar-refractivity contribution in [2.75, 3.05) is 62.1 Å². The van der Waals surface area contributed by atoms with Gasteiger partial charge >= 0.3 is 6.03 Å². The summed E-state index contributed by atoms with van der Waals surface area (Å²) in [5.74, 6) is -0.681. The molecule has 2 aliphatic rings. The Kier molecular flexibility index (Phi) is 6.67. The second kappa shape index (κ2) is 9.80. The number of carbonyl (C=O) groups excluding carboxylic acids is 3. The number of para-hydroxylation sites is 2.